The Morgan fingerprint density at radius 1 is 1.30 bits per heavy atom. The maximum absolute atomic E-state index is 10.9. The second kappa shape index (κ2) is 8.29. The SMILES string of the molecule is C[C@](N)(CCCCCCCc1ccc2c(n1)NCCC2)C(=O)O. The number of unbranched alkanes of at least 4 members (excludes halogenated alkanes) is 4. The fraction of sp³-hybridized carbons (Fsp3) is 0.667. The smallest absolute Gasteiger partial charge is 0.323 e. The minimum atomic E-state index is -1.08. The molecule has 0 fully saturated rings. The van der Waals surface area contributed by atoms with Gasteiger partial charge in [0.2, 0.25) is 0 Å². The van der Waals surface area contributed by atoms with Gasteiger partial charge in [-0.05, 0) is 50.7 Å². The number of nitrogens with two attached hydrogens (primary N) is 1. The van der Waals surface area contributed by atoms with Crippen molar-refractivity contribution in [1.82, 2.24) is 4.98 Å². The first kappa shape index (κ1) is 17.7. The second-order valence-electron chi connectivity index (χ2n) is 6.83. The Morgan fingerprint density at radius 2 is 2.04 bits per heavy atom. The van der Waals surface area contributed by atoms with Crippen molar-refractivity contribution in [2.45, 2.75) is 70.3 Å². The second-order valence-corrected chi connectivity index (χ2v) is 6.83. The zero-order chi connectivity index (χ0) is 16.7. The predicted octanol–water partition coefficient (Wildman–Crippen LogP) is 3.12. The van der Waals surface area contributed by atoms with Gasteiger partial charge in [-0.1, -0.05) is 31.7 Å². The monoisotopic (exact) mass is 319 g/mol. The van der Waals surface area contributed by atoms with Crippen LogP contribution in [0.25, 0.3) is 0 Å². The summed E-state index contributed by atoms with van der Waals surface area (Å²) in [5.74, 6) is 0.161. The summed E-state index contributed by atoms with van der Waals surface area (Å²) >= 11 is 0. The largest absolute Gasteiger partial charge is 0.480 e. The summed E-state index contributed by atoms with van der Waals surface area (Å²) < 4.78 is 0. The van der Waals surface area contributed by atoms with Crippen molar-refractivity contribution in [2.24, 2.45) is 5.73 Å². The third kappa shape index (κ3) is 5.50. The Labute approximate surface area is 138 Å². The van der Waals surface area contributed by atoms with E-state index >= 15 is 0 Å². The average molecular weight is 319 g/mol. The summed E-state index contributed by atoms with van der Waals surface area (Å²) in [6.45, 7) is 2.62. The predicted molar refractivity (Wildman–Crippen MR) is 92.7 cm³/mol. The van der Waals surface area contributed by atoms with E-state index in [1.165, 1.54) is 17.7 Å². The van der Waals surface area contributed by atoms with Gasteiger partial charge in [0.05, 0.1) is 0 Å². The number of anilines is 1. The maximum Gasteiger partial charge on any atom is 0.323 e. The van der Waals surface area contributed by atoms with E-state index in [-0.39, 0.29) is 0 Å². The lowest BCUT2D eigenvalue weighted by Crippen LogP contribution is -2.44. The number of fused-ring (bicyclic) bond motifs is 1. The van der Waals surface area contributed by atoms with Crippen LogP contribution in [0.1, 0.15) is 63.1 Å². The first-order valence-electron chi connectivity index (χ1n) is 8.74. The van der Waals surface area contributed by atoms with E-state index in [1.54, 1.807) is 6.92 Å². The van der Waals surface area contributed by atoms with Crippen LogP contribution in [0.15, 0.2) is 12.1 Å². The third-order valence-corrected chi connectivity index (χ3v) is 4.57. The Bertz CT molecular complexity index is 529. The van der Waals surface area contributed by atoms with Gasteiger partial charge in [0.25, 0.3) is 0 Å². The standard InChI is InChI=1S/C18H29N3O2/c1-18(19,17(22)23)12-6-4-2-3-5-9-15-11-10-14-8-7-13-20-16(14)21-15/h10-11H,2-9,12-13,19H2,1H3,(H,20,21)(H,22,23)/t18-/m0/s1. The van der Waals surface area contributed by atoms with Gasteiger partial charge in [0, 0.05) is 12.2 Å². The number of nitrogens with zero attached hydrogens (tertiary/aromatic N) is 1. The maximum atomic E-state index is 10.9. The molecular formula is C18H29N3O2. The summed E-state index contributed by atoms with van der Waals surface area (Å²) in [6.07, 6.45) is 9.20. The lowest BCUT2D eigenvalue weighted by Gasteiger charge is -2.18. The van der Waals surface area contributed by atoms with Gasteiger partial charge in [-0.2, -0.15) is 0 Å². The minimum Gasteiger partial charge on any atom is -0.480 e. The molecule has 1 aliphatic rings. The number of carboxylic acid groups (broad SMARTS) is 1. The van der Waals surface area contributed by atoms with Crippen molar-refractivity contribution in [2.75, 3.05) is 11.9 Å². The van der Waals surface area contributed by atoms with Crippen molar-refractivity contribution in [3.63, 3.8) is 0 Å². The van der Waals surface area contributed by atoms with E-state index in [2.05, 4.69) is 17.4 Å². The van der Waals surface area contributed by atoms with E-state index in [0.717, 1.165) is 57.3 Å². The highest BCUT2D eigenvalue weighted by molar-refractivity contribution is 5.77. The molecule has 0 spiro atoms. The molecule has 1 aliphatic heterocycles. The number of rotatable bonds is 9. The topological polar surface area (TPSA) is 88.2 Å². The van der Waals surface area contributed by atoms with Gasteiger partial charge in [-0.15, -0.1) is 0 Å². The quantitative estimate of drug-likeness (QED) is 0.609. The van der Waals surface area contributed by atoms with E-state index in [9.17, 15) is 4.79 Å². The number of hydrogen-bond donors (Lipinski definition) is 3. The van der Waals surface area contributed by atoms with Gasteiger partial charge in [0.1, 0.15) is 11.4 Å². The molecule has 5 heteroatoms. The van der Waals surface area contributed by atoms with E-state index in [1.807, 2.05) is 0 Å². The molecule has 0 saturated heterocycles. The molecule has 0 unspecified atom stereocenters. The molecule has 0 aliphatic carbocycles. The van der Waals surface area contributed by atoms with Crippen molar-refractivity contribution in [3.8, 4) is 0 Å². The Balaban J connectivity index is 1.60. The van der Waals surface area contributed by atoms with E-state index < -0.39 is 11.5 Å². The van der Waals surface area contributed by atoms with Crippen LogP contribution in [0.4, 0.5) is 5.82 Å². The highest BCUT2D eigenvalue weighted by Crippen LogP contribution is 2.20. The summed E-state index contributed by atoms with van der Waals surface area (Å²) in [4.78, 5) is 15.6. The lowest BCUT2D eigenvalue weighted by atomic mass is 9.95. The normalized spacial score (nSPS) is 16.3. The number of carbonyl (C=O) groups is 1. The van der Waals surface area contributed by atoms with Crippen LogP contribution in [-0.4, -0.2) is 28.1 Å². The van der Waals surface area contributed by atoms with Crippen molar-refractivity contribution in [1.29, 1.82) is 0 Å². The molecule has 2 heterocycles. The number of nitrogens with one attached hydrogen (secondary N) is 1. The zero-order valence-corrected chi connectivity index (χ0v) is 14.1. The average Bonchev–Trinajstić information content (AvgIpc) is 2.53. The highest BCUT2D eigenvalue weighted by atomic mass is 16.4. The van der Waals surface area contributed by atoms with Gasteiger partial charge >= 0.3 is 5.97 Å². The first-order valence-corrected chi connectivity index (χ1v) is 8.74. The molecule has 23 heavy (non-hydrogen) atoms. The van der Waals surface area contributed by atoms with Crippen LogP contribution >= 0.6 is 0 Å². The van der Waals surface area contributed by atoms with Gasteiger partial charge < -0.3 is 16.2 Å². The summed E-state index contributed by atoms with van der Waals surface area (Å²) in [5.41, 5.74) is 7.14. The molecule has 1 aromatic heterocycles. The lowest BCUT2D eigenvalue weighted by molar-refractivity contribution is -0.142. The van der Waals surface area contributed by atoms with E-state index in [4.69, 9.17) is 15.8 Å². The summed E-state index contributed by atoms with van der Waals surface area (Å²) in [6, 6.07) is 4.36. The molecule has 0 saturated carbocycles. The van der Waals surface area contributed by atoms with E-state index in [0.29, 0.717) is 6.42 Å². The van der Waals surface area contributed by atoms with Crippen LogP contribution in [0.2, 0.25) is 0 Å². The fourth-order valence-corrected chi connectivity index (χ4v) is 2.94. The van der Waals surface area contributed by atoms with Crippen LogP contribution in [0.5, 0.6) is 0 Å². The summed E-state index contributed by atoms with van der Waals surface area (Å²) in [5, 5.41) is 12.3. The Hall–Kier alpha value is -1.62. The molecule has 1 aromatic rings. The van der Waals surface area contributed by atoms with Gasteiger partial charge in [0.15, 0.2) is 0 Å². The van der Waals surface area contributed by atoms with Crippen LogP contribution in [-0.2, 0) is 17.6 Å². The molecule has 0 radical (unpaired) electrons. The van der Waals surface area contributed by atoms with Crippen LogP contribution < -0.4 is 11.1 Å². The van der Waals surface area contributed by atoms with Crippen molar-refractivity contribution < 1.29 is 9.90 Å². The molecular weight excluding hydrogens is 290 g/mol. The number of hydrogen-bond acceptors (Lipinski definition) is 4. The molecule has 0 bridgehead atoms. The van der Waals surface area contributed by atoms with Crippen molar-refractivity contribution >= 4 is 11.8 Å². The Kier molecular flexibility index (Phi) is 6.39. The van der Waals surface area contributed by atoms with Gasteiger partial charge in [-0.25, -0.2) is 4.98 Å². The Morgan fingerprint density at radius 3 is 2.83 bits per heavy atom. The number of aryl methyl sites for hydroxylation is 2. The fourth-order valence-electron chi connectivity index (χ4n) is 2.94. The van der Waals surface area contributed by atoms with Crippen molar-refractivity contribution in [3.05, 3.63) is 23.4 Å². The summed E-state index contributed by atoms with van der Waals surface area (Å²) in [7, 11) is 0. The number of carboxylic acids is 1. The minimum absolute atomic E-state index is 0.542. The number of aromatic nitrogens is 1. The third-order valence-electron chi connectivity index (χ3n) is 4.57. The molecule has 4 N–H and O–H groups in total. The number of aliphatic carboxylic acids is 1. The molecule has 2 rings (SSSR count). The molecule has 0 amide bonds. The first-order chi connectivity index (χ1) is 11.0. The molecule has 1 atom stereocenters. The zero-order valence-electron chi connectivity index (χ0n) is 14.1. The number of pyridine rings is 1. The molecule has 0 aromatic carbocycles. The molecule has 128 valence electrons. The van der Waals surface area contributed by atoms with Gasteiger partial charge in [-0.3, -0.25) is 4.79 Å². The highest BCUT2D eigenvalue weighted by Gasteiger charge is 2.26. The molecule has 5 nitrogen and oxygen atoms in total. The van der Waals surface area contributed by atoms with Crippen LogP contribution in [0, 0.1) is 0 Å². The van der Waals surface area contributed by atoms with Crippen LogP contribution in [0.3, 0.4) is 0 Å².